The fraction of sp³-hybridized carbons (Fsp3) is 0.154. The molecule has 0 fully saturated rings. The first-order valence-corrected chi connectivity index (χ1v) is 6.77. The fourth-order valence-corrected chi connectivity index (χ4v) is 3.40. The molecule has 0 aliphatic heterocycles. The van der Waals surface area contributed by atoms with Gasteiger partial charge in [-0.05, 0) is 47.5 Å². The second-order valence-corrected chi connectivity index (χ2v) is 6.50. The average Bonchev–Trinajstić information content (AvgIpc) is 2.61. The molecule has 2 aromatic rings. The van der Waals surface area contributed by atoms with Gasteiger partial charge in [0.1, 0.15) is 0 Å². The molecule has 4 heteroatoms. The summed E-state index contributed by atoms with van der Waals surface area (Å²) in [5.41, 5.74) is 8.75. The van der Waals surface area contributed by atoms with Crippen LogP contribution in [0.4, 0.5) is 5.69 Å². The third-order valence-corrected chi connectivity index (χ3v) is 4.31. The maximum absolute atomic E-state index is 12.4. The van der Waals surface area contributed by atoms with Crippen molar-refractivity contribution < 1.29 is 4.79 Å². The van der Waals surface area contributed by atoms with Gasteiger partial charge in [0, 0.05) is 21.7 Å². The minimum absolute atomic E-state index is 0.0363. The molecule has 0 unspecified atom stereocenters. The minimum atomic E-state index is 0.0363. The molecule has 2 N–H and O–H groups in total. The molecule has 1 aromatic carbocycles. The zero-order valence-corrected chi connectivity index (χ0v) is 12.0. The Hall–Kier alpha value is -1.13. The standard InChI is InChI=1S/C13H12BrNOS/c1-7-9(4-3-5-11(7)15)13(16)10-6-12(14)17-8(10)2/h3-6H,15H2,1-2H3. The number of rotatable bonds is 2. The van der Waals surface area contributed by atoms with Gasteiger partial charge in [-0.1, -0.05) is 12.1 Å². The number of halogens is 1. The maximum Gasteiger partial charge on any atom is 0.194 e. The van der Waals surface area contributed by atoms with E-state index in [-0.39, 0.29) is 5.78 Å². The molecule has 0 aliphatic carbocycles. The summed E-state index contributed by atoms with van der Waals surface area (Å²) in [7, 11) is 0. The number of hydrogen-bond acceptors (Lipinski definition) is 3. The lowest BCUT2D eigenvalue weighted by molar-refractivity contribution is 0.103. The Morgan fingerprint density at radius 2 is 2.00 bits per heavy atom. The molecule has 0 spiro atoms. The number of ketones is 1. The Bertz CT molecular complexity index is 589. The summed E-state index contributed by atoms with van der Waals surface area (Å²) in [6.07, 6.45) is 0. The highest BCUT2D eigenvalue weighted by molar-refractivity contribution is 9.11. The van der Waals surface area contributed by atoms with Crippen LogP contribution in [0.25, 0.3) is 0 Å². The highest BCUT2D eigenvalue weighted by Crippen LogP contribution is 2.29. The first-order valence-electron chi connectivity index (χ1n) is 5.16. The summed E-state index contributed by atoms with van der Waals surface area (Å²) in [6.45, 7) is 3.82. The number of hydrogen-bond donors (Lipinski definition) is 1. The molecule has 0 saturated carbocycles. The van der Waals surface area contributed by atoms with Crippen LogP contribution in [0, 0.1) is 13.8 Å². The van der Waals surface area contributed by atoms with Crippen molar-refractivity contribution in [1.82, 2.24) is 0 Å². The minimum Gasteiger partial charge on any atom is -0.398 e. The molecule has 2 nitrogen and oxygen atoms in total. The molecule has 0 amide bonds. The maximum atomic E-state index is 12.4. The lowest BCUT2D eigenvalue weighted by Gasteiger charge is -2.06. The second kappa shape index (κ2) is 4.63. The van der Waals surface area contributed by atoms with Gasteiger partial charge in [0.05, 0.1) is 3.79 Å². The Kier molecular flexibility index (Phi) is 3.35. The van der Waals surface area contributed by atoms with Crippen LogP contribution >= 0.6 is 27.3 Å². The topological polar surface area (TPSA) is 43.1 Å². The number of nitrogens with two attached hydrogens (primary N) is 1. The van der Waals surface area contributed by atoms with Crippen LogP contribution in [-0.4, -0.2) is 5.78 Å². The highest BCUT2D eigenvalue weighted by Gasteiger charge is 2.17. The quantitative estimate of drug-likeness (QED) is 0.674. The smallest absolute Gasteiger partial charge is 0.194 e. The zero-order valence-electron chi connectivity index (χ0n) is 9.58. The Balaban J connectivity index is 2.51. The van der Waals surface area contributed by atoms with Gasteiger partial charge < -0.3 is 5.73 Å². The molecule has 0 aliphatic rings. The average molecular weight is 310 g/mol. The highest BCUT2D eigenvalue weighted by atomic mass is 79.9. The molecule has 0 saturated heterocycles. The van der Waals surface area contributed by atoms with Crippen molar-refractivity contribution in [2.24, 2.45) is 0 Å². The molecule has 88 valence electrons. The number of thiophene rings is 1. The Morgan fingerprint density at radius 1 is 1.29 bits per heavy atom. The third kappa shape index (κ3) is 2.28. The van der Waals surface area contributed by atoms with E-state index < -0.39 is 0 Å². The molecule has 0 radical (unpaired) electrons. The molecule has 1 heterocycles. The van der Waals surface area contributed by atoms with Crippen LogP contribution in [0.2, 0.25) is 0 Å². The normalized spacial score (nSPS) is 10.5. The van der Waals surface area contributed by atoms with Gasteiger partial charge >= 0.3 is 0 Å². The molecule has 0 atom stereocenters. The van der Waals surface area contributed by atoms with E-state index in [1.165, 1.54) is 0 Å². The Labute approximate surface area is 113 Å². The van der Waals surface area contributed by atoms with Crippen molar-refractivity contribution >= 4 is 38.7 Å². The van der Waals surface area contributed by atoms with Gasteiger partial charge in [0.15, 0.2) is 5.78 Å². The lowest BCUT2D eigenvalue weighted by atomic mass is 9.99. The van der Waals surface area contributed by atoms with Crippen LogP contribution in [-0.2, 0) is 0 Å². The molecule has 17 heavy (non-hydrogen) atoms. The van der Waals surface area contributed by atoms with E-state index >= 15 is 0 Å². The van der Waals surface area contributed by atoms with Gasteiger partial charge in [0.2, 0.25) is 0 Å². The summed E-state index contributed by atoms with van der Waals surface area (Å²) in [4.78, 5) is 13.4. The van der Waals surface area contributed by atoms with Gasteiger partial charge in [-0.15, -0.1) is 11.3 Å². The third-order valence-electron chi connectivity index (χ3n) is 2.75. The number of carbonyl (C=O) groups excluding carboxylic acids is 1. The molecule has 1 aromatic heterocycles. The van der Waals surface area contributed by atoms with E-state index in [4.69, 9.17) is 5.73 Å². The van der Waals surface area contributed by atoms with Crippen LogP contribution in [0.1, 0.15) is 26.4 Å². The number of benzene rings is 1. The van der Waals surface area contributed by atoms with E-state index in [0.717, 1.165) is 19.8 Å². The van der Waals surface area contributed by atoms with E-state index in [1.807, 2.05) is 38.1 Å². The number of anilines is 1. The monoisotopic (exact) mass is 309 g/mol. The zero-order chi connectivity index (χ0) is 12.6. The summed E-state index contributed by atoms with van der Waals surface area (Å²) in [6, 6.07) is 7.30. The van der Waals surface area contributed by atoms with Crippen molar-refractivity contribution in [3.63, 3.8) is 0 Å². The largest absolute Gasteiger partial charge is 0.398 e. The molecular weight excluding hydrogens is 298 g/mol. The summed E-state index contributed by atoms with van der Waals surface area (Å²) in [5.74, 6) is 0.0363. The second-order valence-electron chi connectivity index (χ2n) is 3.87. The predicted molar refractivity (Wildman–Crippen MR) is 75.8 cm³/mol. The fourth-order valence-electron chi connectivity index (χ4n) is 1.72. The van der Waals surface area contributed by atoms with Gasteiger partial charge in [-0.25, -0.2) is 0 Å². The lowest BCUT2D eigenvalue weighted by Crippen LogP contribution is -2.05. The van der Waals surface area contributed by atoms with Crippen LogP contribution < -0.4 is 5.73 Å². The van der Waals surface area contributed by atoms with Crippen LogP contribution in [0.15, 0.2) is 28.1 Å². The van der Waals surface area contributed by atoms with E-state index in [0.29, 0.717) is 11.3 Å². The van der Waals surface area contributed by atoms with Gasteiger partial charge in [-0.2, -0.15) is 0 Å². The molecule has 2 rings (SSSR count). The van der Waals surface area contributed by atoms with Crippen LogP contribution in [0.5, 0.6) is 0 Å². The van der Waals surface area contributed by atoms with E-state index in [1.54, 1.807) is 11.3 Å². The van der Waals surface area contributed by atoms with Crippen molar-refractivity contribution in [2.45, 2.75) is 13.8 Å². The van der Waals surface area contributed by atoms with Gasteiger partial charge in [0.25, 0.3) is 0 Å². The summed E-state index contributed by atoms with van der Waals surface area (Å²) in [5, 5.41) is 0. The van der Waals surface area contributed by atoms with Crippen molar-refractivity contribution in [3.8, 4) is 0 Å². The molecule has 0 bridgehead atoms. The first kappa shape index (κ1) is 12.3. The van der Waals surface area contributed by atoms with Gasteiger partial charge in [-0.3, -0.25) is 4.79 Å². The Morgan fingerprint density at radius 3 is 2.59 bits per heavy atom. The van der Waals surface area contributed by atoms with Crippen molar-refractivity contribution in [1.29, 1.82) is 0 Å². The summed E-state index contributed by atoms with van der Waals surface area (Å²) < 4.78 is 0.972. The summed E-state index contributed by atoms with van der Waals surface area (Å²) >= 11 is 4.97. The van der Waals surface area contributed by atoms with Crippen molar-refractivity contribution in [2.75, 3.05) is 5.73 Å². The number of nitrogen functional groups attached to an aromatic ring is 1. The van der Waals surface area contributed by atoms with Crippen molar-refractivity contribution in [3.05, 3.63) is 49.6 Å². The number of carbonyl (C=O) groups is 1. The molecular formula is C13H12BrNOS. The first-order chi connectivity index (χ1) is 8.00. The van der Waals surface area contributed by atoms with E-state index in [9.17, 15) is 4.79 Å². The van der Waals surface area contributed by atoms with Crippen LogP contribution in [0.3, 0.4) is 0 Å². The predicted octanol–water partition coefficient (Wildman–Crippen LogP) is 3.94. The number of aryl methyl sites for hydroxylation is 1. The SMILES string of the molecule is Cc1sc(Br)cc1C(=O)c1cccc(N)c1C. The van der Waals surface area contributed by atoms with E-state index in [2.05, 4.69) is 15.9 Å².